The number of carbonyl (C=O) groups is 1. The van der Waals surface area contributed by atoms with E-state index in [4.69, 9.17) is 21.1 Å². The van der Waals surface area contributed by atoms with Gasteiger partial charge in [-0.25, -0.2) is 8.42 Å². The summed E-state index contributed by atoms with van der Waals surface area (Å²) in [5.74, 6) is 0.0226. The summed E-state index contributed by atoms with van der Waals surface area (Å²) >= 11 is 7.36. The lowest BCUT2D eigenvalue weighted by Gasteiger charge is -2.27. The summed E-state index contributed by atoms with van der Waals surface area (Å²) in [6.07, 6.45) is 0.605. The van der Waals surface area contributed by atoms with Gasteiger partial charge in [0.15, 0.2) is 0 Å². The Morgan fingerprint density at radius 3 is 2.52 bits per heavy atom. The molecule has 31 heavy (non-hydrogen) atoms. The molecule has 1 fully saturated rings. The molecule has 2 aromatic carbocycles. The van der Waals surface area contributed by atoms with Gasteiger partial charge >= 0.3 is 0 Å². The number of hydrogen-bond acceptors (Lipinski definition) is 6. The molecule has 1 aliphatic heterocycles. The van der Waals surface area contributed by atoms with Gasteiger partial charge in [0.05, 0.1) is 25.6 Å². The fraction of sp³-hybridized carbons (Fsp3) is 0.381. The highest BCUT2D eigenvalue weighted by molar-refractivity contribution is 8.00. The number of morpholine rings is 1. The van der Waals surface area contributed by atoms with Gasteiger partial charge in [-0.05, 0) is 48.9 Å². The van der Waals surface area contributed by atoms with Crippen molar-refractivity contribution < 1.29 is 22.7 Å². The minimum absolute atomic E-state index is 0.0214. The van der Waals surface area contributed by atoms with E-state index in [1.165, 1.54) is 29.2 Å². The van der Waals surface area contributed by atoms with Crippen molar-refractivity contribution in [3.63, 3.8) is 0 Å². The second-order valence-corrected chi connectivity index (χ2v) is 10.5. The Balaban J connectivity index is 1.79. The van der Waals surface area contributed by atoms with Gasteiger partial charge in [-0.2, -0.15) is 4.31 Å². The van der Waals surface area contributed by atoms with E-state index in [1.807, 2.05) is 19.1 Å². The van der Waals surface area contributed by atoms with Crippen LogP contribution in [0.4, 0.5) is 5.69 Å². The van der Waals surface area contributed by atoms with Gasteiger partial charge in [-0.3, -0.25) is 4.79 Å². The Hall–Kier alpha value is -1.78. The summed E-state index contributed by atoms with van der Waals surface area (Å²) in [4.78, 5) is 13.8. The van der Waals surface area contributed by atoms with Crippen LogP contribution in [-0.2, 0) is 19.6 Å². The Morgan fingerprint density at radius 2 is 1.90 bits per heavy atom. The molecular weight excluding hydrogens is 460 g/mol. The summed E-state index contributed by atoms with van der Waals surface area (Å²) in [6.45, 7) is 3.17. The van der Waals surface area contributed by atoms with Crippen molar-refractivity contribution in [2.24, 2.45) is 0 Å². The van der Waals surface area contributed by atoms with Gasteiger partial charge < -0.3 is 14.8 Å². The lowest BCUT2D eigenvalue weighted by Crippen LogP contribution is -2.40. The van der Waals surface area contributed by atoms with Crippen molar-refractivity contribution in [1.29, 1.82) is 0 Å². The average Bonchev–Trinajstić information content (AvgIpc) is 2.79. The van der Waals surface area contributed by atoms with Gasteiger partial charge in [-0.15, -0.1) is 11.8 Å². The topological polar surface area (TPSA) is 84.9 Å². The number of anilines is 1. The van der Waals surface area contributed by atoms with Gasteiger partial charge in [0.2, 0.25) is 15.9 Å². The number of amides is 1. The lowest BCUT2D eigenvalue weighted by atomic mass is 10.2. The van der Waals surface area contributed by atoms with Crippen LogP contribution in [0.25, 0.3) is 0 Å². The predicted molar refractivity (Wildman–Crippen MR) is 123 cm³/mol. The first kappa shape index (κ1) is 23.9. The number of sulfonamides is 1. The van der Waals surface area contributed by atoms with Crippen molar-refractivity contribution in [3.05, 3.63) is 47.5 Å². The highest BCUT2D eigenvalue weighted by Gasteiger charge is 2.30. The van der Waals surface area contributed by atoms with E-state index in [1.54, 1.807) is 24.3 Å². The zero-order chi connectivity index (χ0) is 22.4. The third-order valence-electron chi connectivity index (χ3n) is 4.77. The number of nitrogens with zero attached hydrogens (tertiary/aromatic N) is 1. The van der Waals surface area contributed by atoms with Gasteiger partial charge in [0.1, 0.15) is 10.6 Å². The molecule has 0 aliphatic carbocycles. The molecule has 1 amide bonds. The second kappa shape index (κ2) is 10.7. The molecule has 1 unspecified atom stereocenters. The lowest BCUT2D eigenvalue weighted by molar-refractivity contribution is -0.115. The van der Waals surface area contributed by atoms with Crippen molar-refractivity contribution in [3.8, 4) is 5.75 Å². The smallest absolute Gasteiger partial charge is 0.246 e. The molecule has 1 heterocycles. The average molecular weight is 485 g/mol. The minimum atomic E-state index is -3.78. The number of benzene rings is 2. The number of ether oxygens (including phenoxy) is 2. The third kappa shape index (κ3) is 5.93. The van der Waals surface area contributed by atoms with E-state index < -0.39 is 10.0 Å². The van der Waals surface area contributed by atoms with E-state index in [9.17, 15) is 13.2 Å². The van der Waals surface area contributed by atoms with E-state index in [0.717, 1.165) is 4.90 Å². The van der Waals surface area contributed by atoms with Crippen LogP contribution < -0.4 is 10.1 Å². The van der Waals surface area contributed by atoms with Gasteiger partial charge in [-0.1, -0.05) is 18.5 Å². The number of halogens is 1. The monoisotopic (exact) mass is 484 g/mol. The number of methoxy groups -OCH3 is 1. The standard InChI is InChI=1S/C21H25ClN2O5S2/c1-3-19(30-17-7-4-15(22)5-8-17)21(25)23-16-6-9-18(28-2)20(14-16)31(26,27)24-10-12-29-13-11-24/h4-9,14,19H,3,10-13H2,1-2H3,(H,23,25). The molecule has 0 spiro atoms. The molecular formula is C21H25ClN2O5S2. The first-order valence-corrected chi connectivity index (χ1v) is 12.5. The quantitative estimate of drug-likeness (QED) is 0.572. The SMILES string of the molecule is CCC(Sc1ccc(Cl)cc1)C(=O)Nc1ccc(OC)c(S(=O)(=O)N2CCOCC2)c1. The third-order valence-corrected chi connectivity index (χ3v) is 8.32. The molecule has 168 valence electrons. The summed E-state index contributed by atoms with van der Waals surface area (Å²) in [5, 5.41) is 3.13. The van der Waals surface area contributed by atoms with E-state index in [-0.39, 0.29) is 34.9 Å². The maximum absolute atomic E-state index is 13.1. The summed E-state index contributed by atoms with van der Waals surface area (Å²) in [5.41, 5.74) is 0.396. The largest absolute Gasteiger partial charge is 0.495 e. The predicted octanol–water partition coefficient (Wildman–Crippen LogP) is 3.88. The van der Waals surface area contributed by atoms with Crippen LogP contribution in [0.3, 0.4) is 0 Å². The number of nitrogens with one attached hydrogen (secondary N) is 1. The molecule has 0 radical (unpaired) electrons. The van der Waals surface area contributed by atoms with E-state index in [0.29, 0.717) is 30.3 Å². The highest BCUT2D eigenvalue weighted by atomic mass is 35.5. The molecule has 1 atom stereocenters. The zero-order valence-electron chi connectivity index (χ0n) is 17.3. The van der Waals surface area contributed by atoms with Crippen LogP contribution in [0.1, 0.15) is 13.3 Å². The summed E-state index contributed by atoms with van der Waals surface area (Å²) in [7, 11) is -2.36. The van der Waals surface area contributed by atoms with Crippen LogP contribution in [0.5, 0.6) is 5.75 Å². The van der Waals surface area contributed by atoms with Crippen molar-refractivity contribution >= 4 is 45.0 Å². The zero-order valence-corrected chi connectivity index (χ0v) is 19.7. The number of hydrogen-bond donors (Lipinski definition) is 1. The van der Waals surface area contributed by atoms with Crippen molar-refractivity contribution in [1.82, 2.24) is 4.31 Å². The van der Waals surface area contributed by atoms with Crippen LogP contribution >= 0.6 is 23.4 Å². The molecule has 0 aromatic heterocycles. The second-order valence-electron chi connectivity index (χ2n) is 6.84. The van der Waals surface area contributed by atoms with Crippen LogP contribution in [0.2, 0.25) is 5.02 Å². The fourth-order valence-corrected chi connectivity index (χ4v) is 5.77. The van der Waals surface area contributed by atoms with E-state index >= 15 is 0 Å². The molecule has 0 bridgehead atoms. The van der Waals surface area contributed by atoms with Crippen molar-refractivity contribution in [2.75, 3.05) is 38.7 Å². The molecule has 1 aliphatic rings. The Kier molecular flexibility index (Phi) is 8.23. The molecule has 0 saturated carbocycles. The molecule has 1 saturated heterocycles. The first-order chi connectivity index (χ1) is 14.8. The van der Waals surface area contributed by atoms with Crippen LogP contribution in [0.15, 0.2) is 52.3 Å². The molecule has 1 N–H and O–H groups in total. The maximum atomic E-state index is 13.1. The maximum Gasteiger partial charge on any atom is 0.246 e. The molecule has 2 aromatic rings. The number of thioether (sulfide) groups is 1. The van der Waals surface area contributed by atoms with Gasteiger partial charge in [0, 0.05) is 28.7 Å². The Bertz CT molecular complexity index is 1010. The van der Waals surface area contributed by atoms with E-state index in [2.05, 4.69) is 5.32 Å². The van der Waals surface area contributed by atoms with Crippen LogP contribution in [-0.4, -0.2) is 57.3 Å². The molecule has 3 rings (SSSR count). The number of carbonyl (C=O) groups excluding carboxylic acids is 1. The number of rotatable bonds is 8. The summed E-state index contributed by atoms with van der Waals surface area (Å²) < 4.78 is 38.1. The molecule has 10 heteroatoms. The minimum Gasteiger partial charge on any atom is -0.495 e. The Morgan fingerprint density at radius 1 is 1.23 bits per heavy atom. The highest BCUT2D eigenvalue weighted by Crippen LogP contribution is 2.32. The molecule has 7 nitrogen and oxygen atoms in total. The Labute approximate surface area is 192 Å². The first-order valence-electron chi connectivity index (χ1n) is 9.84. The fourth-order valence-electron chi connectivity index (χ4n) is 3.10. The summed E-state index contributed by atoms with van der Waals surface area (Å²) in [6, 6.07) is 11.9. The van der Waals surface area contributed by atoms with Gasteiger partial charge in [0.25, 0.3) is 0 Å². The van der Waals surface area contributed by atoms with Crippen molar-refractivity contribution in [2.45, 2.75) is 28.4 Å². The van der Waals surface area contributed by atoms with Crippen LogP contribution in [0, 0.1) is 0 Å². The normalized spacial score (nSPS) is 16.0.